The van der Waals surface area contributed by atoms with Crippen molar-refractivity contribution in [2.75, 3.05) is 14.2 Å². The second kappa shape index (κ2) is 12.1. The predicted molar refractivity (Wildman–Crippen MR) is 126 cm³/mol. The molecule has 0 amide bonds. The standard InChI is InChI=1S/C12H9ClF4N2O.C12H10F4N2O2/c1-20-9-3-2-8(7(6-13)11(9)14)19-5-4-10(18-19)12(15,16)17;1-20-9-3-2-8(7(6-19)11(9)13)18-5-4-10(17-18)12(14,15)16/h2-5H,6H2,1H3;2-5,19H,6H2,1H3. The van der Waals surface area contributed by atoms with Crippen LogP contribution in [0.1, 0.15) is 22.5 Å². The van der Waals surface area contributed by atoms with Gasteiger partial charge in [0.05, 0.1) is 38.1 Å². The van der Waals surface area contributed by atoms with Crippen LogP contribution in [0.3, 0.4) is 0 Å². The lowest BCUT2D eigenvalue weighted by Gasteiger charge is -2.11. The van der Waals surface area contributed by atoms with E-state index >= 15 is 0 Å². The van der Waals surface area contributed by atoms with E-state index in [4.69, 9.17) is 21.1 Å². The first-order chi connectivity index (χ1) is 18.8. The van der Waals surface area contributed by atoms with Crippen LogP contribution in [0.15, 0.2) is 48.8 Å². The second-order valence-electron chi connectivity index (χ2n) is 7.74. The first-order valence-corrected chi connectivity index (χ1v) is 11.4. The van der Waals surface area contributed by atoms with Gasteiger partial charge in [-0.05, 0) is 36.4 Å². The van der Waals surface area contributed by atoms with E-state index in [2.05, 4.69) is 10.2 Å². The van der Waals surface area contributed by atoms with Crippen molar-refractivity contribution < 1.29 is 49.7 Å². The van der Waals surface area contributed by atoms with Crippen molar-refractivity contribution in [3.05, 3.63) is 82.9 Å². The largest absolute Gasteiger partial charge is 0.494 e. The Kier molecular flexibility index (Phi) is 9.30. The molecule has 16 heteroatoms. The molecule has 0 unspecified atom stereocenters. The van der Waals surface area contributed by atoms with Crippen LogP contribution >= 0.6 is 11.6 Å². The van der Waals surface area contributed by atoms with Crippen LogP contribution < -0.4 is 9.47 Å². The number of nitrogens with zero attached hydrogens (tertiary/aromatic N) is 4. The van der Waals surface area contributed by atoms with Gasteiger partial charge in [0.1, 0.15) is 0 Å². The van der Waals surface area contributed by atoms with Gasteiger partial charge in [-0.3, -0.25) is 0 Å². The molecule has 40 heavy (non-hydrogen) atoms. The Labute approximate surface area is 226 Å². The number of ether oxygens (including phenoxy) is 2. The van der Waals surface area contributed by atoms with Gasteiger partial charge in [-0.1, -0.05) is 0 Å². The summed E-state index contributed by atoms with van der Waals surface area (Å²) in [7, 11) is 2.53. The van der Waals surface area contributed by atoms with Crippen LogP contribution in [0, 0.1) is 11.6 Å². The average molecular weight is 599 g/mol. The summed E-state index contributed by atoms with van der Waals surface area (Å²) >= 11 is 5.65. The Hall–Kier alpha value is -3.85. The molecule has 4 rings (SSSR count). The number of halogens is 9. The number of aliphatic hydroxyl groups is 1. The van der Waals surface area contributed by atoms with Crippen LogP contribution in [0.4, 0.5) is 35.1 Å². The molecule has 0 fully saturated rings. The fourth-order valence-electron chi connectivity index (χ4n) is 3.42. The number of hydrogen-bond donors (Lipinski definition) is 1. The van der Waals surface area contributed by atoms with Crippen molar-refractivity contribution in [2.45, 2.75) is 24.8 Å². The number of alkyl halides is 7. The molecule has 0 aliphatic heterocycles. The molecule has 7 nitrogen and oxygen atoms in total. The lowest BCUT2D eigenvalue weighted by Crippen LogP contribution is -2.09. The topological polar surface area (TPSA) is 74.3 Å². The van der Waals surface area contributed by atoms with E-state index in [1.54, 1.807) is 0 Å². The Morgan fingerprint density at radius 2 is 1.12 bits per heavy atom. The molecule has 2 aromatic heterocycles. The summed E-state index contributed by atoms with van der Waals surface area (Å²) in [6.45, 7) is -0.695. The van der Waals surface area contributed by atoms with E-state index in [0.717, 1.165) is 33.9 Å². The highest BCUT2D eigenvalue weighted by molar-refractivity contribution is 6.17. The van der Waals surface area contributed by atoms with Crippen LogP contribution in [0.25, 0.3) is 11.4 Å². The summed E-state index contributed by atoms with van der Waals surface area (Å²) in [5, 5.41) is 15.9. The average Bonchev–Trinajstić information content (AvgIpc) is 3.59. The van der Waals surface area contributed by atoms with Crippen molar-refractivity contribution in [3.63, 3.8) is 0 Å². The van der Waals surface area contributed by atoms with Gasteiger partial charge in [-0.2, -0.15) is 36.5 Å². The van der Waals surface area contributed by atoms with Gasteiger partial charge in [0.2, 0.25) is 0 Å². The zero-order valence-corrected chi connectivity index (χ0v) is 21.2. The third-order valence-electron chi connectivity index (χ3n) is 5.35. The van der Waals surface area contributed by atoms with Gasteiger partial charge in [-0.15, -0.1) is 11.6 Å². The molecule has 0 aliphatic rings. The fourth-order valence-corrected chi connectivity index (χ4v) is 3.67. The third kappa shape index (κ3) is 6.47. The summed E-state index contributed by atoms with van der Waals surface area (Å²) < 4.78 is 114. The zero-order valence-electron chi connectivity index (χ0n) is 20.5. The normalized spacial score (nSPS) is 11.7. The number of benzene rings is 2. The number of aromatic nitrogens is 4. The number of rotatable bonds is 6. The monoisotopic (exact) mass is 598 g/mol. The third-order valence-corrected chi connectivity index (χ3v) is 5.62. The van der Waals surface area contributed by atoms with Crippen molar-refractivity contribution in [2.24, 2.45) is 0 Å². The molecule has 1 N–H and O–H groups in total. The molecular weight excluding hydrogens is 580 g/mol. The molecule has 0 atom stereocenters. The minimum Gasteiger partial charge on any atom is -0.494 e. The first kappa shape index (κ1) is 30.7. The van der Waals surface area contributed by atoms with Crippen molar-refractivity contribution in [1.82, 2.24) is 19.6 Å². The second-order valence-corrected chi connectivity index (χ2v) is 8.00. The lowest BCUT2D eigenvalue weighted by molar-refractivity contribution is -0.142. The molecule has 0 radical (unpaired) electrons. The summed E-state index contributed by atoms with van der Waals surface area (Å²) in [5.74, 6) is -1.92. The Bertz CT molecular complexity index is 1360. The molecule has 0 bridgehead atoms. The SMILES string of the molecule is COc1ccc(-n2ccc(C(F)(F)F)n2)c(CCl)c1F.COc1ccc(-n2ccc(C(F)(F)F)n2)c(CO)c1F. The zero-order chi connectivity index (χ0) is 29.8. The van der Waals surface area contributed by atoms with Crippen LogP contribution in [0.2, 0.25) is 0 Å². The van der Waals surface area contributed by atoms with Crippen LogP contribution in [0.5, 0.6) is 11.5 Å². The highest BCUT2D eigenvalue weighted by atomic mass is 35.5. The van der Waals surface area contributed by atoms with Crippen molar-refractivity contribution >= 4 is 11.6 Å². The highest BCUT2D eigenvalue weighted by Gasteiger charge is 2.34. The Morgan fingerprint density at radius 1 is 0.725 bits per heavy atom. The van der Waals surface area contributed by atoms with E-state index in [9.17, 15) is 40.2 Å². The minimum absolute atomic E-state index is 0.0151. The molecule has 0 saturated heterocycles. The molecule has 2 heterocycles. The minimum atomic E-state index is -4.59. The smallest absolute Gasteiger partial charge is 0.435 e. The molecule has 0 spiro atoms. The highest BCUT2D eigenvalue weighted by Crippen LogP contribution is 2.32. The van der Waals surface area contributed by atoms with E-state index in [1.807, 2.05) is 0 Å². The Morgan fingerprint density at radius 3 is 1.45 bits per heavy atom. The number of methoxy groups -OCH3 is 2. The Balaban J connectivity index is 0.000000220. The van der Waals surface area contributed by atoms with E-state index in [1.165, 1.54) is 38.5 Å². The summed E-state index contributed by atoms with van der Waals surface area (Å²) in [4.78, 5) is 0. The molecular formula is C24H19ClF8N4O3. The van der Waals surface area contributed by atoms with Gasteiger partial charge in [0.25, 0.3) is 0 Å². The van der Waals surface area contributed by atoms with E-state index in [-0.39, 0.29) is 39.9 Å². The maximum atomic E-state index is 14.0. The van der Waals surface area contributed by atoms with Gasteiger partial charge >= 0.3 is 12.4 Å². The number of aliphatic hydroxyl groups excluding tert-OH is 1. The van der Waals surface area contributed by atoms with Gasteiger partial charge in [0, 0.05) is 23.5 Å². The molecule has 0 saturated carbocycles. The van der Waals surface area contributed by atoms with Crippen LogP contribution in [-0.2, 0) is 24.8 Å². The van der Waals surface area contributed by atoms with Crippen molar-refractivity contribution in [3.8, 4) is 22.9 Å². The lowest BCUT2D eigenvalue weighted by atomic mass is 10.1. The molecule has 4 aromatic rings. The summed E-state index contributed by atoms with van der Waals surface area (Å²) in [6.07, 6.45) is -7.00. The maximum absolute atomic E-state index is 14.0. The molecule has 0 aliphatic carbocycles. The summed E-state index contributed by atoms with van der Waals surface area (Å²) in [5.41, 5.74) is -2.19. The number of hydrogen-bond acceptors (Lipinski definition) is 5. The van der Waals surface area contributed by atoms with Gasteiger partial charge < -0.3 is 14.6 Å². The predicted octanol–water partition coefficient (Wildman–Crippen LogP) is 6.31. The first-order valence-electron chi connectivity index (χ1n) is 10.9. The van der Waals surface area contributed by atoms with E-state index < -0.39 is 42.0 Å². The summed E-state index contributed by atoms with van der Waals surface area (Å²) in [6, 6.07) is 6.84. The molecule has 216 valence electrons. The van der Waals surface area contributed by atoms with Crippen molar-refractivity contribution in [1.29, 1.82) is 0 Å². The molecule has 2 aromatic carbocycles. The quantitative estimate of drug-likeness (QED) is 0.208. The fraction of sp³-hybridized carbons (Fsp3) is 0.250. The van der Waals surface area contributed by atoms with Gasteiger partial charge in [0.15, 0.2) is 34.5 Å². The van der Waals surface area contributed by atoms with E-state index in [0.29, 0.717) is 0 Å². The van der Waals surface area contributed by atoms with Crippen LogP contribution in [-0.4, -0.2) is 38.9 Å². The maximum Gasteiger partial charge on any atom is 0.435 e. The van der Waals surface area contributed by atoms with Gasteiger partial charge in [-0.25, -0.2) is 18.1 Å².